The average molecular weight is 429 g/mol. The van der Waals surface area contributed by atoms with E-state index in [2.05, 4.69) is 5.32 Å². The van der Waals surface area contributed by atoms with Gasteiger partial charge in [0.1, 0.15) is 0 Å². The van der Waals surface area contributed by atoms with Crippen LogP contribution in [0.15, 0.2) is 59.5 Å². The lowest BCUT2D eigenvalue weighted by Crippen LogP contribution is -2.44. The Morgan fingerprint density at radius 1 is 1.10 bits per heavy atom. The van der Waals surface area contributed by atoms with Gasteiger partial charge in [0.25, 0.3) is 11.1 Å². The van der Waals surface area contributed by atoms with E-state index in [1.54, 1.807) is 30.3 Å². The van der Waals surface area contributed by atoms with E-state index in [0.717, 1.165) is 27.8 Å². The van der Waals surface area contributed by atoms with Crippen LogP contribution in [0.3, 0.4) is 0 Å². The van der Waals surface area contributed by atoms with Crippen molar-refractivity contribution in [2.75, 3.05) is 13.1 Å². The van der Waals surface area contributed by atoms with E-state index in [0.29, 0.717) is 9.93 Å². The summed E-state index contributed by atoms with van der Waals surface area (Å²) in [4.78, 5) is 38.9. The summed E-state index contributed by atoms with van der Waals surface area (Å²) in [5.74, 6) is -0.515. The van der Waals surface area contributed by atoms with E-state index in [1.165, 1.54) is 0 Å². The highest BCUT2D eigenvalue weighted by Gasteiger charge is 2.35. The van der Waals surface area contributed by atoms with Crippen molar-refractivity contribution < 1.29 is 14.4 Å². The third kappa shape index (κ3) is 4.89. The lowest BCUT2D eigenvalue weighted by molar-refractivity contribution is -0.126. The van der Waals surface area contributed by atoms with Crippen molar-refractivity contribution in [3.8, 4) is 0 Å². The summed E-state index contributed by atoms with van der Waals surface area (Å²) in [6.07, 6.45) is 1.67. The number of carbonyl (C=O) groups excluding carboxylic acids is 3. The first kappa shape index (κ1) is 21.1. The van der Waals surface area contributed by atoms with Crippen LogP contribution in [0.2, 0.25) is 5.02 Å². The summed E-state index contributed by atoms with van der Waals surface area (Å²) in [6, 6.07) is 16.5. The second-order valence-corrected chi connectivity index (χ2v) is 8.56. The fourth-order valence-electron chi connectivity index (χ4n) is 2.89. The van der Waals surface area contributed by atoms with Crippen molar-refractivity contribution in [1.29, 1.82) is 0 Å². The number of amides is 3. The zero-order chi connectivity index (χ0) is 21.0. The van der Waals surface area contributed by atoms with Gasteiger partial charge in [0.2, 0.25) is 5.91 Å². The van der Waals surface area contributed by atoms with Gasteiger partial charge in [0, 0.05) is 18.1 Å². The smallest absolute Gasteiger partial charge is 0.293 e. The van der Waals surface area contributed by atoms with Crippen molar-refractivity contribution in [1.82, 2.24) is 10.2 Å². The second kappa shape index (κ2) is 8.84. The maximum atomic E-state index is 12.6. The van der Waals surface area contributed by atoms with Gasteiger partial charge in [-0.25, -0.2) is 0 Å². The number of hydrogen-bond donors (Lipinski definition) is 1. The molecule has 150 valence electrons. The first-order valence-corrected chi connectivity index (χ1v) is 10.3. The Morgan fingerprint density at radius 2 is 1.76 bits per heavy atom. The highest BCUT2D eigenvalue weighted by Crippen LogP contribution is 2.32. The molecule has 0 spiro atoms. The van der Waals surface area contributed by atoms with Crippen LogP contribution < -0.4 is 5.32 Å². The molecule has 0 radical (unpaired) electrons. The van der Waals surface area contributed by atoms with Crippen LogP contribution in [0.4, 0.5) is 4.79 Å². The molecule has 2 aromatic rings. The third-order valence-electron chi connectivity index (χ3n) is 4.73. The molecule has 2 aromatic carbocycles. The summed E-state index contributed by atoms with van der Waals surface area (Å²) in [6.45, 7) is 4.00. The van der Waals surface area contributed by atoms with Gasteiger partial charge in [-0.3, -0.25) is 19.3 Å². The number of thioether (sulfide) groups is 1. The number of imide groups is 1. The molecule has 29 heavy (non-hydrogen) atoms. The molecule has 1 N–H and O–H groups in total. The Kier molecular flexibility index (Phi) is 6.45. The number of carbonyl (C=O) groups is 3. The number of nitrogens with one attached hydrogen (secondary N) is 1. The van der Waals surface area contributed by atoms with Gasteiger partial charge < -0.3 is 5.32 Å². The molecule has 1 fully saturated rings. The SMILES string of the molecule is CC(C)(C(=O)NCCN1C(=O)S/C(=C/c2ccc(Cl)cc2)C1=O)c1ccccc1. The fourth-order valence-corrected chi connectivity index (χ4v) is 3.88. The van der Waals surface area contributed by atoms with Gasteiger partial charge in [-0.1, -0.05) is 54.1 Å². The molecule has 0 unspecified atom stereocenters. The molecule has 1 aliphatic rings. The average Bonchev–Trinajstić information content (AvgIpc) is 2.97. The lowest BCUT2D eigenvalue weighted by Gasteiger charge is -2.24. The number of hydrogen-bond acceptors (Lipinski definition) is 4. The van der Waals surface area contributed by atoms with E-state index < -0.39 is 5.41 Å². The Morgan fingerprint density at radius 3 is 2.41 bits per heavy atom. The van der Waals surface area contributed by atoms with Gasteiger partial charge in [0.05, 0.1) is 10.3 Å². The van der Waals surface area contributed by atoms with Crippen molar-refractivity contribution in [2.24, 2.45) is 0 Å². The molecule has 3 rings (SSSR count). The van der Waals surface area contributed by atoms with E-state index in [-0.39, 0.29) is 30.1 Å². The highest BCUT2D eigenvalue weighted by molar-refractivity contribution is 8.18. The molecule has 0 aromatic heterocycles. The van der Waals surface area contributed by atoms with E-state index in [1.807, 2.05) is 44.2 Å². The molecule has 0 saturated carbocycles. The summed E-state index contributed by atoms with van der Waals surface area (Å²) in [5, 5.41) is 3.09. The molecule has 0 atom stereocenters. The quantitative estimate of drug-likeness (QED) is 0.689. The zero-order valence-corrected chi connectivity index (χ0v) is 17.7. The van der Waals surface area contributed by atoms with Crippen LogP contribution in [0.1, 0.15) is 25.0 Å². The third-order valence-corrected chi connectivity index (χ3v) is 5.88. The number of benzene rings is 2. The van der Waals surface area contributed by atoms with Crippen molar-refractivity contribution in [2.45, 2.75) is 19.3 Å². The minimum Gasteiger partial charge on any atom is -0.354 e. The Labute approximate surface area is 179 Å². The molecule has 1 heterocycles. The fraction of sp³-hybridized carbons (Fsp3) is 0.227. The van der Waals surface area contributed by atoms with E-state index >= 15 is 0 Å². The lowest BCUT2D eigenvalue weighted by atomic mass is 9.84. The maximum Gasteiger partial charge on any atom is 0.293 e. The topological polar surface area (TPSA) is 66.5 Å². The molecule has 7 heteroatoms. The predicted molar refractivity (Wildman–Crippen MR) is 117 cm³/mol. The molecular weight excluding hydrogens is 408 g/mol. The molecule has 0 aliphatic carbocycles. The molecule has 3 amide bonds. The van der Waals surface area contributed by atoms with Crippen LogP contribution in [0, 0.1) is 0 Å². The number of nitrogens with zero attached hydrogens (tertiary/aromatic N) is 1. The largest absolute Gasteiger partial charge is 0.354 e. The predicted octanol–water partition coefficient (Wildman–Crippen LogP) is 4.47. The minimum absolute atomic E-state index is 0.124. The molecule has 0 bridgehead atoms. The minimum atomic E-state index is -0.714. The van der Waals surface area contributed by atoms with Gasteiger partial charge in [-0.15, -0.1) is 0 Å². The first-order valence-electron chi connectivity index (χ1n) is 9.14. The normalized spacial score (nSPS) is 15.8. The van der Waals surface area contributed by atoms with E-state index in [9.17, 15) is 14.4 Å². The van der Waals surface area contributed by atoms with Gasteiger partial charge in [-0.05, 0) is 54.9 Å². The maximum absolute atomic E-state index is 12.6. The Balaban J connectivity index is 1.59. The second-order valence-electron chi connectivity index (χ2n) is 7.13. The highest BCUT2D eigenvalue weighted by atomic mass is 35.5. The van der Waals surface area contributed by atoms with Gasteiger partial charge in [0.15, 0.2) is 0 Å². The van der Waals surface area contributed by atoms with Crippen LogP contribution in [-0.4, -0.2) is 35.0 Å². The Hall–Kier alpha value is -2.57. The van der Waals surface area contributed by atoms with Crippen LogP contribution in [-0.2, 0) is 15.0 Å². The van der Waals surface area contributed by atoms with Crippen molar-refractivity contribution in [3.05, 3.63) is 75.7 Å². The molecular formula is C22H21ClN2O3S. The molecule has 1 aliphatic heterocycles. The van der Waals surface area contributed by atoms with Crippen molar-refractivity contribution in [3.63, 3.8) is 0 Å². The summed E-state index contributed by atoms with van der Waals surface area (Å²) >= 11 is 6.76. The van der Waals surface area contributed by atoms with Crippen LogP contribution in [0.25, 0.3) is 6.08 Å². The van der Waals surface area contributed by atoms with Crippen molar-refractivity contribution >= 4 is 46.5 Å². The monoisotopic (exact) mass is 428 g/mol. The molecule has 1 saturated heterocycles. The molecule has 5 nitrogen and oxygen atoms in total. The van der Waals surface area contributed by atoms with Gasteiger partial charge >= 0.3 is 0 Å². The van der Waals surface area contributed by atoms with Crippen LogP contribution >= 0.6 is 23.4 Å². The first-order chi connectivity index (χ1) is 13.8. The van der Waals surface area contributed by atoms with Crippen LogP contribution in [0.5, 0.6) is 0 Å². The summed E-state index contributed by atoms with van der Waals surface area (Å²) < 4.78 is 0. The Bertz CT molecular complexity index is 956. The van der Waals surface area contributed by atoms with Gasteiger partial charge in [-0.2, -0.15) is 0 Å². The standard InChI is InChI=1S/C22H21ClN2O3S/c1-22(2,16-6-4-3-5-7-16)20(27)24-12-13-25-19(26)18(29-21(25)28)14-15-8-10-17(23)11-9-15/h3-11,14H,12-13H2,1-2H3,(H,24,27)/b18-14+. The summed E-state index contributed by atoms with van der Waals surface area (Å²) in [5.41, 5.74) is 0.974. The number of rotatable bonds is 6. The number of halogens is 1. The van der Waals surface area contributed by atoms with E-state index in [4.69, 9.17) is 11.6 Å². The zero-order valence-electron chi connectivity index (χ0n) is 16.1. The summed E-state index contributed by atoms with van der Waals surface area (Å²) in [7, 11) is 0.